The summed E-state index contributed by atoms with van der Waals surface area (Å²) in [5.41, 5.74) is 5.96. The Labute approximate surface area is 105 Å². The Hall–Kier alpha value is -1.91. The number of halogens is 1. The molecule has 0 bridgehead atoms. The number of carbonyl (C=O) groups excluding carboxylic acids is 1. The molecule has 1 fully saturated rings. The molecule has 2 rings (SSSR count). The number of benzene rings is 1. The maximum absolute atomic E-state index is 12.8. The van der Waals surface area contributed by atoms with E-state index in [0.29, 0.717) is 18.7 Å². The van der Waals surface area contributed by atoms with Crippen LogP contribution in [0.5, 0.6) is 0 Å². The Kier molecular flexibility index (Phi) is 3.60. The van der Waals surface area contributed by atoms with E-state index in [-0.39, 0.29) is 23.5 Å². The molecule has 1 aromatic carbocycles. The van der Waals surface area contributed by atoms with Crippen molar-refractivity contribution in [1.82, 2.24) is 4.90 Å². The predicted molar refractivity (Wildman–Crippen MR) is 66.9 cm³/mol. The Morgan fingerprint density at radius 1 is 1.39 bits per heavy atom. The third-order valence-corrected chi connectivity index (χ3v) is 3.24. The molecule has 96 valence electrons. The molecule has 0 saturated carbocycles. The summed E-state index contributed by atoms with van der Waals surface area (Å²) in [6, 6.07) is 5.52. The minimum Gasteiger partial charge on any atom is -0.387 e. The van der Waals surface area contributed by atoms with Crippen molar-refractivity contribution in [2.24, 2.45) is 11.7 Å². The number of piperidine rings is 1. The lowest BCUT2D eigenvalue weighted by Crippen LogP contribution is -2.43. The van der Waals surface area contributed by atoms with Crippen LogP contribution in [0.15, 0.2) is 24.3 Å². The van der Waals surface area contributed by atoms with Gasteiger partial charge in [-0.1, -0.05) is 0 Å². The number of rotatable bonds is 2. The molecule has 0 radical (unpaired) electrons. The van der Waals surface area contributed by atoms with E-state index < -0.39 is 0 Å². The molecule has 1 aromatic rings. The molecule has 18 heavy (non-hydrogen) atoms. The van der Waals surface area contributed by atoms with Crippen LogP contribution >= 0.6 is 0 Å². The molecule has 1 aliphatic heterocycles. The number of amides is 1. The van der Waals surface area contributed by atoms with E-state index in [1.807, 2.05) is 0 Å². The van der Waals surface area contributed by atoms with Gasteiger partial charge in [0.15, 0.2) is 0 Å². The summed E-state index contributed by atoms with van der Waals surface area (Å²) in [7, 11) is 0. The molecule has 5 heteroatoms. The highest BCUT2D eigenvalue weighted by atomic mass is 19.1. The molecule has 0 spiro atoms. The highest BCUT2D eigenvalue weighted by Crippen LogP contribution is 2.18. The van der Waals surface area contributed by atoms with Gasteiger partial charge >= 0.3 is 0 Å². The van der Waals surface area contributed by atoms with E-state index in [9.17, 15) is 9.18 Å². The lowest BCUT2D eigenvalue weighted by atomic mass is 9.96. The molecular weight excluding hydrogens is 233 g/mol. The van der Waals surface area contributed by atoms with Crippen LogP contribution < -0.4 is 5.73 Å². The summed E-state index contributed by atoms with van der Waals surface area (Å²) in [5, 5.41) is 7.44. The number of amidine groups is 1. The first kappa shape index (κ1) is 12.5. The van der Waals surface area contributed by atoms with Gasteiger partial charge in [0.25, 0.3) is 5.91 Å². The number of nitrogens with zero attached hydrogens (tertiary/aromatic N) is 1. The Morgan fingerprint density at radius 2 is 2.06 bits per heavy atom. The highest BCUT2D eigenvalue weighted by Gasteiger charge is 2.25. The second-order valence-corrected chi connectivity index (χ2v) is 4.55. The lowest BCUT2D eigenvalue weighted by Gasteiger charge is -2.32. The van der Waals surface area contributed by atoms with Gasteiger partial charge < -0.3 is 10.6 Å². The van der Waals surface area contributed by atoms with Crippen molar-refractivity contribution in [2.45, 2.75) is 12.8 Å². The molecule has 1 unspecified atom stereocenters. The second-order valence-electron chi connectivity index (χ2n) is 4.55. The van der Waals surface area contributed by atoms with Gasteiger partial charge in [-0.2, -0.15) is 0 Å². The second kappa shape index (κ2) is 5.16. The maximum Gasteiger partial charge on any atom is 0.253 e. The van der Waals surface area contributed by atoms with Gasteiger partial charge in [-0.15, -0.1) is 0 Å². The molecule has 1 saturated heterocycles. The molecule has 1 atom stereocenters. The van der Waals surface area contributed by atoms with Crippen molar-refractivity contribution in [2.75, 3.05) is 13.1 Å². The van der Waals surface area contributed by atoms with Crippen molar-refractivity contribution in [3.8, 4) is 0 Å². The lowest BCUT2D eigenvalue weighted by molar-refractivity contribution is 0.0702. The summed E-state index contributed by atoms with van der Waals surface area (Å²) in [6.45, 7) is 1.14. The summed E-state index contributed by atoms with van der Waals surface area (Å²) >= 11 is 0. The van der Waals surface area contributed by atoms with Crippen LogP contribution in [-0.4, -0.2) is 29.7 Å². The Bertz CT molecular complexity index is 458. The molecule has 1 amide bonds. The summed E-state index contributed by atoms with van der Waals surface area (Å²) in [6.07, 6.45) is 1.69. The first-order valence-corrected chi connectivity index (χ1v) is 5.96. The minimum absolute atomic E-state index is 0.0526. The van der Waals surface area contributed by atoms with Gasteiger partial charge in [0.1, 0.15) is 5.82 Å². The third-order valence-electron chi connectivity index (χ3n) is 3.24. The van der Waals surface area contributed by atoms with Crippen molar-refractivity contribution in [3.05, 3.63) is 35.6 Å². The maximum atomic E-state index is 12.8. The van der Waals surface area contributed by atoms with Crippen molar-refractivity contribution < 1.29 is 9.18 Å². The van der Waals surface area contributed by atoms with Gasteiger partial charge in [-0.25, -0.2) is 4.39 Å². The summed E-state index contributed by atoms with van der Waals surface area (Å²) in [4.78, 5) is 13.9. The van der Waals surface area contributed by atoms with E-state index in [4.69, 9.17) is 11.1 Å². The molecule has 0 aliphatic carbocycles. The average Bonchev–Trinajstić information content (AvgIpc) is 2.39. The van der Waals surface area contributed by atoms with Gasteiger partial charge in [0.2, 0.25) is 0 Å². The van der Waals surface area contributed by atoms with Crippen LogP contribution in [0, 0.1) is 17.1 Å². The van der Waals surface area contributed by atoms with E-state index >= 15 is 0 Å². The van der Waals surface area contributed by atoms with Crippen LogP contribution in [0.2, 0.25) is 0 Å². The van der Waals surface area contributed by atoms with E-state index in [2.05, 4.69) is 0 Å². The summed E-state index contributed by atoms with van der Waals surface area (Å²) < 4.78 is 12.8. The SMILES string of the molecule is N=C(N)C1CCCN(C(=O)c2ccc(F)cc2)C1. The Balaban J connectivity index is 2.09. The van der Waals surface area contributed by atoms with Crippen LogP contribution in [0.4, 0.5) is 4.39 Å². The molecule has 0 aromatic heterocycles. The molecule has 1 heterocycles. The number of hydrogen-bond acceptors (Lipinski definition) is 2. The number of nitrogens with one attached hydrogen (secondary N) is 1. The van der Waals surface area contributed by atoms with Gasteiger partial charge in [-0.3, -0.25) is 10.2 Å². The third kappa shape index (κ3) is 2.67. The number of likely N-dealkylation sites (tertiary alicyclic amines) is 1. The number of carbonyl (C=O) groups is 1. The Morgan fingerprint density at radius 3 is 2.67 bits per heavy atom. The fourth-order valence-corrected chi connectivity index (χ4v) is 2.19. The van der Waals surface area contributed by atoms with Crippen molar-refractivity contribution >= 4 is 11.7 Å². The standard InChI is InChI=1S/C13H16FN3O/c14-11-5-3-9(4-6-11)13(18)17-7-1-2-10(8-17)12(15)16/h3-6,10H,1-2,7-8H2,(H3,15,16). The zero-order chi connectivity index (χ0) is 13.1. The minimum atomic E-state index is -0.355. The highest BCUT2D eigenvalue weighted by molar-refractivity contribution is 5.94. The number of nitrogens with two attached hydrogens (primary N) is 1. The quantitative estimate of drug-likeness (QED) is 0.617. The van der Waals surface area contributed by atoms with Crippen molar-refractivity contribution in [3.63, 3.8) is 0 Å². The normalized spacial score (nSPS) is 19.6. The molecular formula is C13H16FN3O. The molecule has 4 nitrogen and oxygen atoms in total. The number of hydrogen-bond donors (Lipinski definition) is 2. The van der Waals surface area contributed by atoms with Gasteiger partial charge in [0, 0.05) is 24.6 Å². The zero-order valence-electron chi connectivity index (χ0n) is 10.0. The van der Waals surface area contributed by atoms with Crippen molar-refractivity contribution in [1.29, 1.82) is 5.41 Å². The largest absolute Gasteiger partial charge is 0.387 e. The fraction of sp³-hybridized carbons (Fsp3) is 0.385. The first-order valence-electron chi connectivity index (χ1n) is 5.96. The van der Waals surface area contributed by atoms with Crippen LogP contribution in [0.25, 0.3) is 0 Å². The first-order chi connectivity index (χ1) is 8.58. The van der Waals surface area contributed by atoms with E-state index in [1.54, 1.807) is 4.90 Å². The average molecular weight is 249 g/mol. The topological polar surface area (TPSA) is 70.2 Å². The fourth-order valence-electron chi connectivity index (χ4n) is 2.19. The smallest absolute Gasteiger partial charge is 0.253 e. The van der Waals surface area contributed by atoms with Gasteiger partial charge in [-0.05, 0) is 37.1 Å². The molecule has 3 N–H and O–H groups in total. The zero-order valence-corrected chi connectivity index (χ0v) is 10.0. The van der Waals surface area contributed by atoms with E-state index in [1.165, 1.54) is 24.3 Å². The predicted octanol–water partition coefficient (Wildman–Crippen LogP) is 1.61. The summed E-state index contributed by atoms with van der Waals surface area (Å²) in [5.74, 6) is -0.400. The molecule has 1 aliphatic rings. The van der Waals surface area contributed by atoms with Crippen LogP contribution in [-0.2, 0) is 0 Å². The van der Waals surface area contributed by atoms with Crippen LogP contribution in [0.1, 0.15) is 23.2 Å². The monoisotopic (exact) mass is 249 g/mol. The van der Waals surface area contributed by atoms with Gasteiger partial charge in [0.05, 0.1) is 5.84 Å². The van der Waals surface area contributed by atoms with Crippen LogP contribution in [0.3, 0.4) is 0 Å². The van der Waals surface area contributed by atoms with E-state index in [0.717, 1.165) is 12.8 Å².